The van der Waals surface area contributed by atoms with Crippen molar-refractivity contribution in [2.45, 2.75) is 26.7 Å². The minimum absolute atomic E-state index is 0.319. The molecule has 0 saturated carbocycles. The summed E-state index contributed by atoms with van der Waals surface area (Å²) >= 11 is 0. The zero-order valence-electron chi connectivity index (χ0n) is 12.2. The van der Waals surface area contributed by atoms with Crippen LogP contribution in [-0.2, 0) is 14.3 Å². The number of allylic oxidation sites excluding steroid dienone is 3. The molecule has 0 radical (unpaired) electrons. The minimum atomic E-state index is -1.60. The summed E-state index contributed by atoms with van der Waals surface area (Å²) in [5, 5.41) is 0.642. The van der Waals surface area contributed by atoms with Crippen LogP contribution in [-0.4, -0.2) is 37.2 Å². The van der Waals surface area contributed by atoms with Crippen molar-refractivity contribution in [3.05, 3.63) is 24.3 Å². The van der Waals surface area contributed by atoms with Gasteiger partial charge in [-0.15, -0.1) is 0 Å². The van der Waals surface area contributed by atoms with Crippen molar-refractivity contribution in [1.82, 2.24) is 0 Å². The Kier molecular flexibility index (Phi) is 8.43. The Balaban J connectivity index is 2.65. The van der Waals surface area contributed by atoms with Crippen molar-refractivity contribution >= 4 is 19.0 Å². The van der Waals surface area contributed by atoms with Crippen LogP contribution in [0.25, 0.3) is 0 Å². The summed E-state index contributed by atoms with van der Waals surface area (Å²) in [5.74, 6) is -0.832. The largest absolute Gasteiger partial charge is 0.630 e. The molecular weight excluding hydrogens is 275 g/mol. The van der Waals surface area contributed by atoms with Gasteiger partial charge in [-0.2, -0.15) is 0 Å². The Labute approximate surface area is 121 Å². The van der Waals surface area contributed by atoms with Gasteiger partial charge >= 0.3 is 5.97 Å². The van der Waals surface area contributed by atoms with Crippen molar-refractivity contribution < 1.29 is 19.2 Å². The first-order valence-electron chi connectivity index (χ1n) is 7.11. The minimum Gasteiger partial charge on any atom is -0.630 e. The van der Waals surface area contributed by atoms with E-state index >= 15 is 0 Å². The summed E-state index contributed by atoms with van der Waals surface area (Å²) in [6.45, 7) is 5.51. The fourth-order valence-corrected chi connectivity index (χ4v) is 3.09. The molecule has 20 heavy (non-hydrogen) atoms. The van der Waals surface area contributed by atoms with Crippen molar-refractivity contribution in [1.29, 1.82) is 0 Å². The quantitative estimate of drug-likeness (QED) is 0.391. The topological polar surface area (TPSA) is 58.6 Å². The highest BCUT2D eigenvalue weighted by molar-refractivity contribution is 7.52. The number of esters is 1. The first kappa shape index (κ1) is 17.1. The summed E-state index contributed by atoms with van der Waals surface area (Å²) < 4.78 is 10.5. The Hall–Kier alpha value is -0.960. The van der Waals surface area contributed by atoms with Gasteiger partial charge in [-0.1, -0.05) is 32.1 Å². The van der Waals surface area contributed by atoms with Gasteiger partial charge in [0.2, 0.25) is 0 Å². The normalized spacial score (nSPS) is 20.1. The van der Waals surface area contributed by atoms with Crippen LogP contribution in [0.15, 0.2) is 24.3 Å². The molecule has 0 heterocycles. The molecule has 0 bridgehead atoms. The zero-order chi connectivity index (χ0) is 14.8. The molecule has 0 aliphatic heterocycles. The Bertz CT molecular complexity index is 399. The molecule has 4 nitrogen and oxygen atoms in total. The van der Waals surface area contributed by atoms with Gasteiger partial charge in [-0.25, -0.2) is 0 Å². The van der Waals surface area contributed by atoms with Crippen LogP contribution in [0, 0.1) is 5.92 Å². The van der Waals surface area contributed by atoms with Crippen LogP contribution in [0.1, 0.15) is 26.7 Å². The van der Waals surface area contributed by atoms with E-state index in [1.54, 1.807) is 24.3 Å². The molecule has 2 atom stereocenters. The molecule has 0 amide bonds. The fourth-order valence-electron chi connectivity index (χ4n) is 1.78. The van der Waals surface area contributed by atoms with E-state index < -0.39 is 13.7 Å². The lowest BCUT2D eigenvalue weighted by Gasteiger charge is -2.15. The van der Waals surface area contributed by atoms with Crippen LogP contribution in [0.3, 0.4) is 0 Å². The van der Waals surface area contributed by atoms with Crippen LogP contribution in [0.4, 0.5) is 0 Å². The van der Waals surface area contributed by atoms with Crippen molar-refractivity contribution in [3.63, 3.8) is 0 Å². The molecule has 0 fully saturated rings. The van der Waals surface area contributed by atoms with E-state index in [0.717, 1.165) is 12.8 Å². The first-order valence-corrected chi connectivity index (χ1v) is 8.56. The van der Waals surface area contributed by atoms with Gasteiger partial charge in [0.05, 0.1) is 21.0 Å². The molecule has 2 unspecified atom stereocenters. The Morgan fingerprint density at radius 3 is 2.70 bits per heavy atom. The number of carbonyl (C=O) groups excluding carboxylic acids is 1. The van der Waals surface area contributed by atoms with Gasteiger partial charge in [0.1, 0.15) is 17.4 Å². The first-order chi connectivity index (χ1) is 9.70. The van der Waals surface area contributed by atoms with Crippen LogP contribution in [0.5, 0.6) is 0 Å². The molecule has 0 spiro atoms. The maximum absolute atomic E-state index is 12.3. The van der Waals surface area contributed by atoms with E-state index in [4.69, 9.17) is 9.47 Å². The number of rotatable bonds is 8. The molecule has 0 aromatic carbocycles. The van der Waals surface area contributed by atoms with Crippen LogP contribution < -0.4 is 4.89 Å². The highest BCUT2D eigenvalue weighted by atomic mass is 31.1. The van der Waals surface area contributed by atoms with Gasteiger partial charge < -0.3 is 14.4 Å². The molecule has 112 valence electrons. The van der Waals surface area contributed by atoms with E-state index in [2.05, 4.69) is 0 Å². The molecule has 0 aromatic rings. The molecule has 1 rings (SSSR count). The smallest absolute Gasteiger partial charge is 0.321 e. The van der Waals surface area contributed by atoms with Crippen molar-refractivity contribution in [2.24, 2.45) is 5.92 Å². The predicted octanol–water partition coefficient (Wildman–Crippen LogP) is 2.04. The molecule has 1 aliphatic rings. The molecule has 0 saturated heterocycles. The summed E-state index contributed by atoms with van der Waals surface area (Å²) in [7, 11) is -1.60. The molecular formula is C15H23O4P. The van der Waals surface area contributed by atoms with Gasteiger partial charge in [-0.05, 0) is 18.9 Å². The highest BCUT2D eigenvalue weighted by Gasteiger charge is 2.28. The molecule has 0 aromatic heterocycles. The Morgan fingerprint density at radius 1 is 1.25 bits per heavy atom. The lowest BCUT2D eigenvalue weighted by atomic mass is 10.0. The average Bonchev–Trinajstić information content (AvgIpc) is 2.49. The lowest BCUT2D eigenvalue weighted by Crippen LogP contribution is -2.26. The monoisotopic (exact) mass is 298 g/mol. The third-order valence-electron chi connectivity index (χ3n) is 2.78. The second-order valence-corrected chi connectivity index (χ2v) is 6.25. The van der Waals surface area contributed by atoms with Gasteiger partial charge in [0.15, 0.2) is 0 Å². The number of carbonyl (C=O) groups is 1. The molecule has 1 aliphatic carbocycles. The molecule has 0 N–H and O–H groups in total. The summed E-state index contributed by atoms with van der Waals surface area (Å²) in [6, 6.07) is 0. The summed E-state index contributed by atoms with van der Waals surface area (Å²) in [6.07, 6.45) is 9.27. The predicted molar refractivity (Wildman–Crippen MR) is 80.9 cm³/mol. The third-order valence-corrected chi connectivity index (χ3v) is 4.37. The third kappa shape index (κ3) is 5.58. The number of hydrogen-bond donors (Lipinski definition) is 0. The van der Waals surface area contributed by atoms with E-state index in [-0.39, 0.29) is 5.97 Å². The second kappa shape index (κ2) is 9.87. The lowest BCUT2D eigenvalue weighted by molar-refractivity contribution is -0.154. The van der Waals surface area contributed by atoms with Gasteiger partial charge in [0.25, 0.3) is 0 Å². The van der Waals surface area contributed by atoms with E-state index in [1.807, 2.05) is 13.8 Å². The van der Waals surface area contributed by atoms with Crippen LogP contribution >= 0.6 is 7.77 Å². The van der Waals surface area contributed by atoms with E-state index in [1.165, 1.54) is 0 Å². The van der Waals surface area contributed by atoms with Crippen molar-refractivity contribution in [2.75, 3.05) is 26.0 Å². The summed E-state index contributed by atoms with van der Waals surface area (Å²) in [4.78, 5) is 24.2. The SMILES string of the molecule is CCCOCC[P+]([O-])=C1C=CC=CC1C(=O)OCCC. The fraction of sp³-hybridized carbons (Fsp3) is 0.600. The summed E-state index contributed by atoms with van der Waals surface area (Å²) in [5.41, 5.74) is 0. The maximum Gasteiger partial charge on any atom is 0.321 e. The second-order valence-electron chi connectivity index (χ2n) is 4.53. The van der Waals surface area contributed by atoms with E-state index in [9.17, 15) is 9.69 Å². The van der Waals surface area contributed by atoms with Crippen LogP contribution in [0.2, 0.25) is 0 Å². The van der Waals surface area contributed by atoms with Gasteiger partial charge in [0, 0.05) is 6.61 Å². The molecule has 5 heteroatoms. The van der Waals surface area contributed by atoms with Gasteiger partial charge in [-0.3, -0.25) is 4.79 Å². The Morgan fingerprint density at radius 2 is 2.00 bits per heavy atom. The zero-order valence-corrected chi connectivity index (χ0v) is 13.1. The van der Waals surface area contributed by atoms with E-state index in [0.29, 0.717) is 31.3 Å². The highest BCUT2D eigenvalue weighted by Crippen LogP contribution is 2.24. The standard InChI is InChI=1S/C15H23O4P/c1-3-9-18-11-12-20(17)14-8-6-5-7-13(14)15(16)19-10-4-2/h5-8,13H,3-4,9-12H2,1-2H3. The average molecular weight is 298 g/mol. The van der Waals surface area contributed by atoms with Crippen molar-refractivity contribution in [3.8, 4) is 0 Å². The maximum atomic E-state index is 12.3. The number of ether oxygens (including phenoxy) is 2. The number of hydrogen-bond acceptors (Lipinski definition) is 4.